The smallest absolute Gasteiger partial charge is 0.226 e. The van der Waals surface area contributed by atoms with Gasteiger partial charge < -0.3 is 10.2 Å². The maximum absolute atomic E-state index is 13.0. The number of carbonyl (C=O) groups is 1. The first-order valence-electron chi connectivity index (χ1n) is 6.48. The third kappa shape index (κ3) is 3.73. The molecule has 0 aliphatic carbocycles. The predicted molar refractivity (Wildman–Crippen MR) is 68.7 cm³/mol. The van der Waals surface area contributed by atoms with E-state index in [2.05, 4.69) is 5.32 Å². The fourth-order valence-electron chi connectivity index (χ4n) is 2.42. The van der Waals surface area contributed by atoms with Crippen LogP contribution in [-0.2, 0) is 11.2 Å². The number of amides is 1. The van der Waals surface area contributed by atoms with Crippen molar-refractivity contribution in [2.75, 3.05) is 20.1 Å². The highest BCUT2D eigenvalue weighted by Crippen LogP contribution is 2.14. The first-order valence-corrected chi connectivity index (χ1v) is 6.48. The number of hydrogen-bond donors (Lipinski definition) is 1. The molecule has 0 unspecified atom stereocenters. The molecule has 5 heteroatoms. The zero-order valence-electron chi connectivity index (χ0n) is 11.0. The summed E-state index contributed by atoms with van der Waals surface area (Å²) in [5.41, 5.74) is 0.387. The molecule has 1 amide bonds. The third-order valence-electron chi connectivity index (χ3n) is 3.53. The van der Waals surface area contributed by atoms with Crippen molar-refractivity contribution in [3.63, 3.8) is 0 Å². The van der Waals surface area contributed by atoms with Crippen LogP contribution in [0.1, 0.15) is 18.4 Å². The second-order valence-electron chi connectivity index (χ2n) is 4.90. The maximum Gasteiger partial charge on any atom is 0.226 e. The molecule has 19 heavy (non-hydrogen) atoms. The minimum absolute atomic E-state index is 0.0545. The normalized spacial score (nSPS) is 16.7. The van der Waals surface area contributed by atoms with Gasteiger partial charge in [-0.1, -0.05) is 0 Å². The summed E-state index contributed by atoms with van der Waals surface area (Å²) in [4.78, 5) is 13.8. The van der Waals surface area contributed by atoms with Crippen LogP contribution in [0.5, 0.6) is 0 Å². The average molecular weight is 268 g/mol. The molecule has 1 aromatic rings. The van der Waals surface area contributed by atoms with Crippen LogP contribution in [-0.4, -0.2) is 37.0 Å². The van der Waals surface area contributed by atoms with Gasteiger partial charge in [-0.2, -0.15) is 0 Å². The SMILES string of the molecule is CNC1CCN(C(=O)Cc2cc(F)cc(F)c2)CC1. The Labute approximate surface area is 111 Å². The summed E-state index contributed by atoms with van der Waals surface area (Å²) in [7, 11) is 1.91. The number of halogens is 2. The maximum atomic E-state index is 13.0. The largest absolute Gasteiger partial charge is 0.342 e. The lowest BCUT2D eigenvalue weighted by molar-refractivity contribution is -0.131. The van der Waals surface area contributed by atoms with E-state index in [1.165, 1.54) is 12.1 Å². The molecule has 1 N–H and O–H groups in total. The van der Waals surface area contributed by atoms with Crippen LogP contribution in [0.15, 0.2) is 18.2 Å². The summed E-state index contributed by atoms with van der Waals surface area (Å²) in [6, 6.07) is 3.69. The van der Waals surface area contributed by atoms with Gasteiger partial charge in [-0.15, -0.1) is 0 Å². The fourth-order valence-corrected chi connectivity index (χ4v) is 2.42. The van der Waals surface area contributed by atoms with Crippen molar-refractivity contribution >= 4 is 5.91 Å². The first-order chi connectivity index (χ1) is 9.08. The molecule has 1 aliphatic heterocycles. The molecule has 2 rings (SSSR count). The van der Waals surface area contributed by atoms with E-state index in [1.54, 1.807) is 4.90 Å². The van der Waals surface area contributed by atoms with E-state index < -0.39 is 11.6 Å². The Morgan fingerprint density at radius 3 is 2.37 bits per heavy atom. The monoisotopic (exact) mass is 268 g/mol. The molecule has 0 atom stereocenters. The van der Waals surface area contributed by atoms with Crippen molar-refractivity contribution in [2.24, 2.45) is 0 Å². The molecular weight excluding hydrogens is 250 g/mol. The second kappa shape index (κ2) is 6.10. The molecular formula is C14H18F2N2O. The molecule has 1 aliphatic rings. The van der Waals surface area contributed by atoms with E-state index in [0.717, 1.165) is 18.9 Å². The Bertz CT molecular complexity index is 437. The summed E-state index contributed by atoms with van der Waals surface area (Å²) < 4.78 is 26.1. The lowest BCUT2D eigenvalue weighted by Gasteiger charge is -2.31. The number of nitrogens with one attached hydrogen (secondary N) is 1. The number of nitrogens with zero attached hydrogens (tertiary/aromatic N) is 1. The molecule has 1 heterocycles. The predicted octanol–water partition coefficient (Wildman–Crippen LogP) is 1.72. The zero-order valence-corrected chi connectivity index (χ0v) is 11.0. The lowest BCUT2D eigenvalue weighted by Crippen LogP contribution is -2.44. The van der Waals surface area contributed by atoms with E-state index in [4.69, 9.17) is 0 Å². The summed E-state index contributed by atoms with van der Waals surface area (Å²) in [6.45, 7) is 1.39. The van der Waals surface area contributed by atoms with Gasteiger partial charge in [-0.05, 0) is 37.6 Å². The van der Waals surface area contributed by atoms with Gasteiger partial charge in [-0.3, -0.25) is 4.79 Å². The Balaban J connectivity index is 1.94. The van der Waals surface area contributed by atoms with Gasteiger partial charge in [0.1, 0.15) is 11.6 Å². The number of likely N-dealkylation sites (tertiary alicyclic amines) is 1. The summed E-state index contributed by atoms with van der Waals surface area (Å²) >= 11 is 0. The Kier molecular flexibility index (Phi) is 4.47. The van der Waals surface area contributed by atoms with Crippen LogP contribution in [0.25, 0.3) is 0 Å². The van der Waals surface area contributed by atoms with Gasteiger partial charge in [0.05, 0.1) is 6.42 Å². The first kappa shape index (κ1) is 13.9. The van der Waals surface area contributed by atoms with Crippen LogP contribution in [0, 0.1) is 11.6 Å². The number of hydrogen-bond acceptors (Lipinski definition) is 2. The summed E-state index contributed by atoms with van der Waals surface area (Å²) in [5, 5.41) is 3.19. The highest BCUT2D eigenvalue weighted by molar-refractivity contribution is 5.78. The van der Waals surface area contributed by atoms with E-state index >= 15 is 0 Å². The van der Waals surface area contributed by atoms with Crippen LogP contribution < -0.4 is 5.32 Å². The van der Waals surface area contributed by atoms with Gasteiger partial charge in [0.15, 0.2) is 0 Å². The van der Waals surface area contributed by atoms with E-state index in [1.807, 2.05) is 7.05 Å². The Morgan fingerprint density at radius 1 is 1.26 bits per heavy atom. The second-order valence-corrected chi connectivity index (χ2v) is 4.90. The standard InChI is InChI=1S/C14H18F2N2O/c1-17-13-2-4-18(5-3-13)14(19)8-10-6-11(15)9-12(16)7-10/h6-7,9,13,17H,2-5,8H2,1H3. The topological polar surface area (TPSA) is 32.3 Å². The number of piperidine rings is 1. The molecule has 0 saturated carbocycles. The van der Waals surface area contributed by atoms with Gasteiger partial charge in [0, 0.05) is 25.2 Å². The molecule has 0 spiro atoms. The van der Waals surface area contributed by atoms with Crippen molar-refractivity contribution in [1.29, 1.82) is 0 Å². The minimum atomic E-state index is -0.642. The minimum Gasteiger partial charge on any atom is -0.342 e. The molecule has 3 nitrogen and oxygen atoms in total. The van der Waals surface area contributed by atoms with Crippen LogP contribution in [0.2, 0.25) is 0 Å². The fraction of sp³-hybridized carbons (Fsp3) is 0.500. The molecule has 1 saturated heterocycles. The third-order valence-corrected chi connectivity index (χ3v) is 3.53. The molecule has 1 fully saturated rings. The Hall–Kier alpha value is -1.49. The summed E-state index contributed by atoms with van der Waals surface area (Å²) in [5.74, 6) is -1.35. The quantitative estimate of drug-likeness (QED) is 0.905. The molecule has 0 bridgehead atoms. The highest BCUT2D eigenvalue weighted by atomic mass is 19.1. The van der Waals surface area contributed by atoms with Gasteiger partial charge in [0.25, 0.3) is 0 Å². The van der Waals surface area contributed by atoms with Crippen molar-refractivity contribution in [2.45, 2.75) is 25.3 Å². The van der Waals surface area contributed by atoms with E-state index in [-0.39, 0.29) is 12.3 Å². The zero-order chi connectivity index (χ0) is 13.8. The van der Waals surface area contributed by atoms with Crippen molar-refractivity contribution in [3.8, 4) is 0 Å². The van der Waals surface area contributed by atoms with Gasteiger partial charge >= 0.3 is 0 Å². The highest BCUT2D eigenvalue weighted by Gasteiger charge is 2.21. The summed E-state index contributed by atoms with van der Waals surface area (Å²) in [6.07, 6.45) is 1.89. The van der Waals surface area contributed by atoms with Crippen molar-refractivity contribution < 1.29 is 13.6 Å². The average Bonchev–Trinajstić information content (AvgIpc) is 2.37. The molecule has 0 aromatic heterocycles. The molecule has 0 radical (unpaired) electrons. The number of rotatable bonds is 3. The van der Waals surface area contributed by atoms with Crippen molar-refractivity contribution in [1.82, 2.24) is 10.2 Å². The molecule has 104 valence electrons. The van der Waals surface area contributed by atoms with E-state index in [9.17, 15) is 13.6 Å². The molecule has 1 aromatic carbocycles. The number of benzene rings is 1. The van der Waals surface area contributed by atoms with E-state index in [0.29, 0.717) is 24.7 Å². The van der Waals surface area contributed by atoms with Crippen molar-refractivity contribution in [3.05, 3.63) is 35.4 Å². The van der Waals surface area contributed by atoms with Crippen LogP contribution in [0.3, 0.4) is 0 Å². The van der Waals surface area contributed by atoms with Gasteiger partial charge in [0.2, 0.25) is 5.91 Å². The van der Waals surface area contributed by atoms with Crippen LogP contribution >= 0.6 is 0 Å². The van der Waals surface area contributed by atoms with Gasteiger partial charge in [-0.25, -0.2) is 8.78 Å². The lowest BCUT2D eigenvalue weighted by atomic mass is 10.0. The Morgan fingerprint density at radius 2 is 1.84 bits per heavy atom. The number of carbonyl (C=O) groups excluding carboxylic acids is 1. The van der Waals surface area contributed by atoms with Crippen LogP contribution in [0.4, 0.5) is 8.78 Å².